The highest BCUT2D eigenvalue weighted by molar-refractivity contribution is 6.00. The van der Waals surface area contributed by atoms with Gasteiger partial charge in [-0.25, -0.2) is 14.4 Å². The fourth-order valence-electron chi connectivity index (χ4n) is 4.06. The molecule has 0 radical (unpaired) electrons. The molecule has 2 N–H and O–H groups in total. The molecule has 0 aliphatic carbocycles. The van der Waals surface area contributed by atoms with E-state index in [0.717, 1.165) is 5.56 Å². The topological polar surface area (TPSA) is 103 Å². The lowest BCUT2D eigenvalue weighted by Gasteiger charge is -2.30. The molecule has 0 spiro atoms. The van der Waals surface area contributed by atoms with E-state index < -0.39 is 23.8 Å². The maximum absolute atomic E-state index is 13.2. The Hall–Kier alpha value is -3.91. The van der Waals surface area contributed by atoms with Gasteiger partial charge in [-0.3, -0.25) is 0 Å². The zero-order valence-electron chi connectivity index (χ0n) is 20.3. The number of hydrogen-bond donors (Lipinski definition) is 2. The molecule has 0 saturated heterocycles. The molecule has 8 nitrogen and oxygen atoms in total. The van der Waals surface area contributed by atoms with Crippen LogP contribution in [0.25, 0.3) is 0 Å². The third-order valence-electron chi connectivity index (χ3n) is 5.71. The molecule has 1 aliphatic heterocycles. The summed E-state index contributed by atoms with van der Waals surface area (Å²) in [5.74, 6) is -2.43. The standard InChI is InChI=1S/C27H30N2O6/c1-17-22(26(31)34-4)24(20-11-8-12-21(15-20)25(30)33-3)23(18(2)29-17)27(32)35-14-13-28-16-19-9-6-5-7-10-19/h5-12,15,24,28-29H,13-14,16H2,1-4H3. The minimum atomic E-state index is -0.780. The number of allylic oxidation sites excluding steroid dienone is 2. The Morgan fingerprint density at radius 2 is 1.51 bits per heavy atom. The van der Waals surface area contributed by atoms with Crippen molar-refractivity contribution in [1.29, 1.82) is 0 Å². The van der Waals surface area contributed by atoms with Gasteiger partial charge in [-0.15, -0.1) is 0 Å². The monoisotopic (exact) mass is 478 g/mol. The number of ether oxygens (including phenoxy) is 3. The second-order valence-corrected chi connectivity index (χ2v) is 8.04. The van der Waals surface area contributed by atoms with E-state index in [1.807, 2.05) is 30.3 Å². The molecule has 0 bridgehead atoms. The van der Waals surface area contributed by atoms with Crippen LogP contribution < -0.4 is 10.6 Å². The Morgan fingerprint density at radius 1 is 0.857 bits per heavy atom. The molecule has 0 saturated carbocycles. The zero-order chi connectivity index (χ0) is 25.4. The number of esters is 3. The van der Waals surface area contributed by atoms with E-state index in [0.29, 0.717) is 35.6 Å². The van der Waals surface area contributed by atoms with Crippen LogP contribution in [0.1, 0.15) is 41.3 Å². The average molecular weight is 479 g/mol. The molecule has 184 valence electrons. The normalized spacial score (nSPS) is 15.4. The Balaban J connectivity index is 1.83. The lowest BCUT2D eigenvalue weighted by Crippen LogP contribution is -2.33. The van der Waals surface area contributed by atoms with Crippen LogP contribution in [0.15, 0.2) is 77.1 Å². The summed E-state index contributed by atoms with van der Waals surface area (Å²) in [4.78, 5) is 38.1. The molecule has 3 rings (SSSR count). The van der Waals surface area contributed by atoms with Gasteiger partial charge in [-0.05, 0) is 37.1 Å². The zero-order valence-corrected chi connectivity index (χ0v) is 20.3. The summed E-state index contributed by atoms with van der Waals surface area (Å²) in [6, 6.07) is 16.6. The molecule has 8 heteroatoms. The fraction of sp³-hybridized carbons (Fsp3) is 0.296. The van der Waals surface area contributed by atoms with Crippen molar-refractivity contribution < 1.29 is 28.6 Å². The minimum absolute atomic E-state index is 0.146. The van der Waals surface area contributed by atoms with Crippen LogP contribution in [0.2, 0.25) is 0 Å². The van der Waals surface area contributed by atoms with E-state index >= 15 is 0 Å². The van der Waals surface area contributed by atoms with Gasteiger partial charge in [-0.1, -0.05) is 42.5 Å². The first kappa shape index (κ1) is 25.7. The predicted molar refractivity (Wildman–Crippen MR) is 130 cm³/mol. The van der Waals surface area contributed by atoms with Crippen molar-refractivity contribution in [3.63, 3.8) is 0 Å². The van der Waals surface area contributed by atoms with E-state index in [2.05, 4.69) is 10.6 Å². The summed E-state index contributed by atoms with van der Waals surface area (Å²) in [5, 5.41) is 6.34. The van der Waals surface area contributed by atoms with Crippen molar-refractivity contribution in [3.8, 4) is 0 Å². The van der Waals surface area contributed by atoms with Crippen LogP contribution in [-0.2, 0) is 30.3 Å². The first-order valence-corrected chi connectivity index (χ1v) is 11.2. The van der Waals surface area contributed by atoms with Gasteiger partial charge < -0.3 is 24.8 Å². The second-order valence-electron chi connectivity index (χ2n) is 8.04. The Morgan fingerprint density at radius 3 is 2.17 bits per heavy atom. The van der Waals surface area contributed by atoms with Crippen LogP contribution in [0.3, 0.4) is 0 Å². The van der Waals surface area contributed by atoms with Gasteiger partial charge in [0.25, 0.3) is 0 Å². The van der Waals surface area contributed by atoms with Gasteiger partial charge in [-0.2, -0.15) is 0 Å². The highest BCUT2D eigenvalue weighted by Gasteiger charge is 2.38. The van der Waals surface area contributed by atoms with Crippen LogP contribution in [0.4, 0.5) is 0 Å². The van der Waals surface area contributed by atoms with Crippen LogP contribution >= 0.6 is 0 Å². The first-order valence-electron chi connectivity index (χ1n) is 11.2. The van der Waals surface area contributed by atoms with Crippen molar-refractivity contribution in [2.45, 2.75) is 26.3 Å². The predicted octanol–water partition coefficient (Wildman–Crippen LogP) is 3.21. The molecule has 0 fully saturated rings. The number of carbonyl (C=O) groups is 3. The Labute approximate surface area is 205 Å². The van der Waals surface area contributed by atoms with Gasteiger partial charge in [0, 0.05) is 24.5 Å². The second kappa shape index (κ2) is 12.0. The lowest BCUT2D eigenvalue weighted by molar-refractivity contribution is -0.139. The maximum Gasteiger partial charge on any atom is 0.337 e. The van der Waals surface area contributed by atoms with E-state index in [4.69, 9.17) is 14.2 Å². The molecular weight excluding hydrogens is 448 g/mol. The molecule has 0 amide bonds. The maximum atomic E-state index is 13.2. The summed E-state index contributed by atoms with van der Waals surface area (Å²) in [7, 11) is 2.58. The van der Waals surface area contributed by atoms with Crippen molar-refractivity contribution in [1.82, 2.24) is 10.6 Å². The molecule has 1 heterocycles. The van der Waals surface area contributed by atoms with Crippen molar-refractivity contribution in [2.75, 3.05) is 27.4 Å². The number of nitrogens with one attached hydrogen (secondary N) is 2. The smallest absolute Gasteiger partial charge is 0.337 e. The van der Waals surface area contributed by atoms with E-state index in [1.54, 1.807) is 38.1 Å². The number of hydrogen-bond acceptors (Lipinski definition) is 8. The number of carbonyl (C=O) groups excluding carboxylic acids is 3. The molecule has 35 heavy (non-hydrogen) atoms. The minimum Gasteiger partial charge on any atom is -0.466 e. The van der Waals surface area contributed by atoms with Crippen molar-refractivity contribution in [3.05, 3.63) is 93.8 Å². The van der Waals surface area contributed by atoms with E-state index in [9.17, 15) is 14.4 Å². The number of dihydropyridines is 1. The number of methoxy groups -OCH3 is 2. The number of benzene rings is 2. The highest BCUT2D eigenvalue weighted by atomic mass is 16.5. The van der Waals surface area contributed by atoms with Gasteiger partial charge in [0.2, 0.25) is 0 Å². The third-order valence-corrected chi connectivity index (χ3v) is 5.71. The van der Waals surface area contributed by atoms with Crippen molar-refractivity contribution >= 4 is 17.9 Å². The summed E-state index contributed by atoms with van der Waals surface area (Å²) in [6.45, 7) is 4.75. The summed E-state index contributed by atoms with van der Waals surface area (Å²) < 4.78 is 15.4. The van der Waals surface area contributed by atoms with E-state index in [-0.39, 0.29) is 17.8 Å². The van der Waals surface area contributed by atoms with Gasteiger partial charge in [0.05, 0.1) is 36.8 Å². The fourth-order valence-corrected chi connectivity index (χ4v) is 4.06. The molecule has 2 aromatic rings. The lowest BCUT2D eigenvalue weighted by atomic mass is 9.80. The van der Waals surface area contributed by atoms with Crippen LogP contribution in [0.5, 0.6) is 0 Å². The van der Waals surface area contributed by atoms with Crippen LogP contribution in [-0.4, -0.2) is 45.3 Å². The molecule has 1 aliphatic rings. The first-order chi connectivity index (χ1) is 16.9. The Bertz CT molecular complexity index is 1150. The van der Waals surface area contributed by atoms with Crippen molar-refractivity contribution in [2.24, 2.45) is 0 Å². The molecule has 0 aromatic heterocycles. The average Bonchev–Trinajstić information content (AvgIpc) is 2.87. The summed E-state index contributed by atoms with van der Waals surface area (Å²) in [5.41, 5.74) is 3.68. The van der Waals surface area contributed by atoms with E-state index in [1.165, 1.54) is 14.2 Å². The quantitative estimate of drug-likeness (QED) is 0.322. The molecular formula is C27H30N2O6. The highest BCUT2D eigenvalue weighted by Crippen LogP contribution is 2.39. The molecule has 1 atom stereocenters. The third kappa shape index (κ3) is 6.16. The van der Waals surface area contributed by atoms with Gasteiger partial charge >= 0.3 is 17.9 Å². The SMILES string of the molecule is COC(=O)C1=C(C)NC(C)=C(C(=O)OCCNCc2ccccc2)C1c1cccc(C(=O)OC)c1. The molecule has 1 unspecified atom stereocenters. The van der Waals surface area contributed by atoms with Gasteiger partial charge in [0.15, 0.2) is 0 Å². The number of rotatable bonds is 9. The summed E-state index contributed by atoms with van der Waals surface area (Å²) >= 11 is 0. The largest absolute Gasteiger partial charge is 0.466 e. The van der Waals surface area contributed by atoms with Crippen LogP contribution in [0, 0.1) is 0 Å². The summed E-state index contributed by atoms with van der Waals surface area (Å²) in [6.07, 6.45) is 0. The Kier molecular flexibility index (Phi) is 8.80. The molecule has 2 aromatic carbocycles. The van der Waals surface area contributed by atoms with Gasteiger partial charge in [0.1, 0.15) is 6.61 Å².